The van der Waals surface area contributed by atoms with Gasteiger partial charge in [-0.05, 0) is 78.5 Å². The highest BCUT2D eigenvalue weighted by molar-refractivity contribution is 6.30. The van der Waals surface area contributed by atoms with Gasteiger partial charge in [-0.1, -0.05) is 23.7 Å². The molecule has 0 spiro atoms. The molecule has 3 N–H and O–H groups in total. The van der Waals surface area contributed by atoms with Crippen molar-refractivity contribution in [2.75, 3.05) is 19.7 Å². The van der Waals surface area contributed by atoms with Gasteiger partial charge in [-0.2, -0.15) is 0 Å². The van der Waals surface area contributed by atoms with E-state index in [4.69, 9.17) is 26.8 Å². The number of carbonyl (C=O) groups excluding carboxylic acids is 3. The molecule has 0 saturated carbocycles. The molecule has 10 heteroatoms. The van der Waals surface area contributed by atoms with Crippen molar-refractivity contribution in [1.82, 2.24) is 15.1 Å². The van der Waals surface area contributed by atoms with E-state index in [-0.39, 0.29) is 25.0 Å². The highest BCUT2D eigenvalue weighted by Gasteiger charge is 2.49. The Bertz CT molecular complexity index is 976. The number of amides is 3. The Labute approximate surface area is 218 Å². The van der Waals surface area contributed by atoms with Gasteiger partial charge in [0.05, 0.1) is 18.2 Å². The first-order chi connectivity index (χ1) is 16.6. The second-order valence-electron chi connectivity index (χ2n) is 11.3. The number of carbonyl (C=O) groups is 3. The summed E-state index contributed by atoms with van der Waals surface area (Å²) in [4.78, 5) is 42.6. The predicted octanol–water partition coefficient (Wildman–Crippen LogP) is 3.08. The van der Waals surface area contributed by atoms with Gasteiger partial charge in [-0.25, -0.2) is 4.79 Å². The minimum atomic E-state index is -0.967. The Kier molecular flexibility index (Phi) is 8.27. The lowest BCUT2D eigenvalue weighted by Gasteiger charge is -2.44. The molecule has 2 aliphatic rings. The van der Waals surface area contributed by atoms with Crippen LogP contribution in [0.1, 0.15) is 59.9 Å². The van der Waals surface area contributed by atoms with Crippen LogP contribution in [-0.2, 0) is 25.5 Å². The van der Waals surface area contributed by atoms with Gasteiger partial charge in [0.15, 0.2) is 0 Å². The Morgan fingerprint density at radius 1 is 1.25 bits per heavy atom. The predicted molar refractivity (Wildman–Crippen MR) is 137 cm³/mol. The topological polar surface area (TPSA) is 114 Å². The van der Waals surface area contributed by atoms with E-state index in [1.165, 1.54) is 4.90 Å². The smallest absolute Gasteiger partial charge is 0.410 e. The lowest BCUT2D eigenvalue weighted by atomic mass is 9.82. The number of piperidine rings is 1. The zero-order valence-corrected chi connectivity index (χ0v) is 22.9. The second kappa shape index (κ2) is 10.6. The Hall–Kier alpha value is -2.36. The number of likely N-dealkylation sites (tertiary alicyclic amines) is 1. The number of rotatable bonds is 5. The molecule has 0 bridgehead atoms. The lowest BCUT2D eigenvalue weighted by Crippen LogP contribution is -2.65. The zero-order chi connectivity index (χ0) is 26.9. The number of ether oxygens (including phenoxy) is 2. The van der Waals surface area contributed by atoms with E-state index < -0.39 is 35.0 Å². The molecule has 3 amide bonds. The molecule has 0 aromatic heterocycles. The molecular formula is C26H39ClN4O5. The van der Waals surface area contributed by atoms with Gasteiger partial charge in [0.2, 0.25) is 11.8 Å². The molecule has 0 radical (unpaired) electrons. The van der Waals surface area contributed by atoms with Crippen LogP contribution in [0.15, 0.2) is 24.3 Å². The number of hydrogen-bond donors (Lipinski definition) is 2. The molecule has 1 aromatic carbocycles. The van der Waals surface area contributed by atoms with Crippen molar-refractivity contribution >= 4 is 29.5 Å². The molecule has 2 saturated heterocycles. The first-order valence-electron chi connectivity index (χ1n) is 12.4. The minimum Gasteiger partial charge on any atom is -0.444 e. The van der Waals surface area contributed by atoms with E-state index in [1.807, 2.05) is 32.9 Å². The van der Waals surface area contributed by atoms with Crippen molar-refractivity contribution in [1.29, 1.82) is 0 Å². The van der Waals surface area contributed by atoms with Crippen LogP contribution in [0, 0.1) is 0 Å². The van der Waals surface area contributed by atoms with Gasteiger partial charge in [0, 0.05) is 18.1 Å². The second-order valence-corrected chi connectivity index (χ2v) is 11.8. The van der Waals surface area contributed by atoms with E-state index in [2.05, 4.69) is 5.32 Å². The summed E-state index contributed by atoms with van der Waals surface area (Å²) in [7, 11) is 0. The normalized spacial score (nSPS) is 24.8. The summed E-state index contributed by atoms with van der Waals surface area (Å²) in [6, 6.07) is 5.82. The SMILES string of the molecule is C[C@H](N)C(=O)N1[C@H](C(=O)NC2(Cc3ccc(Cl)cc3)CCCN(C(=O)OC(C)(C)C)C2)COC1(C)C. The van der Waals surface area contributed by atoms with E-state index >= 15 is 0 Å². The fourth-order valence-corrected chi connectivity index (χ4v) is 5.00. The summed E-state index contributed by atoms with van der Waals surface area (Å²) in [5.41, 5.74) is 4.48. The highest BCUT2D eigenvalue weighted by atomic mass is 35.5. The summed E-state index contributed by atoms with van der Waals surface area (Å²) in [6.45, 7) is 11.4. The fraction of sp³-hybridized carbons (Fsp3) is 0.654. The van der Waals surface area contributed by atoms with Crippen LogP contribution in [0.3, 0.4) is 0 Å². The summed E-state index contributed by atoms with van der Waals surface area (Å²) in [6.07, 6.45) is 1.39. The van der Waals surface area contributed by atoms with Crippen molar-refractivity contribution in [2.24, 2.45) is 5.73 Å². The fourth-order valence-electron chi connectivity index (χ4n) is 4.88. The minimum absolute atomic E-state index is 0.0596. The number of benzene rings is 1. The summed E-state index contributed by atoms with van der Waals surface area (Å²) < 4.78 is 11.4. The van der Waals surface area contributed by atoms with Crippen molar-refractivity contribution in [3.05, 3.63) is 34.9 Å². The maximum Gasteiger partial charge on any atom is 0.410 e. The quantitative estimate of drug-likeness (QED) is 0.614. The number of nitrogens with two attached hydrogens (primary N) is 1. The Balaban J connectivity index is 1.89. The number of hydrogen-bond acceptors (Lipinski definition) is 6. The van der Waals surface area contributed by atoms with Crippen LogP contribution < -0.4 is 11.1 Å². The van der Waals surface area contributed by atoms with Gasteiger partial charge < -0.3 is 25.4 Å². The molecular weight excluding hydrogens is 484 g/mol. The molecule has 200 valence electrons. The summed E-state index contributed by atoms with van der Waals surface area (Å²) >= 11 is 6.08. The van der Waals surface area contributed by atoms with Crippen LogP contribution in [0.25, 0.3) is 0 Å². The summed E-state index contributed by atoms with van der Waals surface area (Å²) in [5, 5.41) is 3.83. The highest BCUT2D eigenvalue weighted by Crippen LogP contribution is 2.31. The van der Waals surface area contributed by atoms with Gasteiger partial charge in [-0.3, -0.25) is 14.5 Å². The van der Waals surface area contributed by atoms with Gasteiger partial charge in [0.1, 0.15) is 17.4 Å². The number of nitrogens with one attached hydrogen (secondary N) is 1. The molecule has 9 nitrogen and oxygen atoms in total. The van der Waals surface area contributed by atoms with Gasteiger partial charge in [0.25, 0.3) is 0 Å². The standard InChI is InChI=1S/C26H39ClN4O5/c1-17(28)22(33)31-20(15-35-25(31,5)6)21(32)29-26(14-18-8-10-19(27)11-9-18)12-7-13-30(16-26)23(34)36-24(2,3)4/h8-11,17,20H,7,12-16,28H2,1-6H3,(H,29,32)/t17-,20-,26?/m0/s1. The van der Waals surface area contributed by atoms with E-state index in [9.17, 15) is 14.4 Å². The van der Waals surface area contributed by atoms with E-state index in [1.54, 1.807) is 37.8 Å². The molecule has 2 aliphatic heterocycles. The van der Waals surface area contributed by atoms with Crippen molar-refractivity contribution < 1.29 is 23.9 Å². The Morgan fingerprint density at radius 2 is 1.89 bits per heavy atom. The van der Waals surface area contributed by atoms with Crippen molar-refractivity contribution in [3.63, 3.8) is 0 Å². The summed E-state index contributed by atoms with van der Waals surface area (Å²) in [5.74, 6) is -0.696. The third kappa shape index (κ3) is 6.69. The van der Waals surface area contributed by atoms with E-state index in [0.29, 0.717) is 30.8 Å². The largest absolute Gasteiger partial charge is 0.444 e. The van der Waals surface area contributed by atoms with Crippen LogP contribution >= 0.6 is 11.6 Å². The van der Waals surface area contributed by atoms with Crippen molar-refractivity contribution in [3.8, 4) is 0 Å². The maximum absolute atomic E-state index is 13.7. The van der Waals surface area contributed by atoms with E-state index in [0.717, 1.165) is 5.56 Å². The number of halogens is 1. The molecule has 2 fully saturated rings. The lowest BCUT2D eigenvalue weighted by molar-refractivity contribution is -0.151. The third-order valence-corrected chi connectivity index (χ3v) is 6.74. The van der Waals surface area contributed by atoms with Crippen molar-refractivity contribution in [2.45, 2.75) is 89.8 Å². The van der Waals surface area contributed by atoms with Gasteiger partial charge >= 0.3 is 6.09 Å². The molecule has 2 heterocycles. The average Bonchev–Trinajstić information content (AvgIpc) is 3.08. The van der Waals surface area contributed by atoms with Crippen LogP contribution in [0.4, 0.5) is 4.79 Å². The molecule has 0 aliphatic carbocycles. The molecule has 1 aromatic rings. The first kappa shape index (κ1) is 28.2. The first-order valence-corrected chi connectivity index (χ1v) is 12.8. The molecule has 1 unspecified atom stereocenters. The monoisotopic (exact) mass is 522 g/mol. The molecule has 3 rings (SSSR count). The third-order valence-electron chi connectivity index (χ3n) is 6.49. The Morgan fingerprint density at radius 3 is 2.47 bits per heavy atom. The van der Waals surface area contributed by atoms with Gasteiger partial charge in [-0.15, -0.1) is 0 Å². The van der Waals surface area contributed by atoms with Crippen LogP contribution in [0.5, 0.6) is 0 Å². The van der Waals surface area contributed by atoms with Crippen LogP contribution in [0.2, 0.25) is 5.02 Å². The molecule has 3 atom stereocenters. The maximum atomic E-state index is 13.7. The molecule has 36 heavy (non-hydrogen) atoms. The van der Waals surface area contributed by atoms with Crippen LogP contribution in [-0.4, -0.2) is 76.4 Å². The zero-order valence-electron chi connectivity index (χ0n) is 22.1. The average molecular weight is 523 g/mol. The number of nitrogens with zero attached hydrogens (tertiary/aromatic N) is 2.